The van der Waals surface area contributed by atoms with Crippen molar-refractivity contribution < 1.29 is 0 Å². The van der Waals surface area contributed by atoms with E-state index in [0.29, 0.717) is 10.8 Å². The van der Waals surface area contributed by atoms with E-state index in [2.05, 4.69) is 44.8 Å². The maximum atomic E-state index is 3.85. The molecule has 1 aliphatic heterocycles. The van der Waals surface area contributed by atoms with Gasteiger partial charge < -0.3 is 10.2 Å². The summed E-state index contributed by atoms with van der Waals surface area (Å²) in [4.78, 5) is 2.66. The lowest BCUT2D eigenvalue weighted by Gasteiger charge is -2.45. The van der Waals surface area contributed by atoms with Gasteiger partial charge in [0, 0.05) is 6.04 Å². The van der Waals surface area contributed by atoms with Crippen molar-refractivity contribution in [1.29, 1.82) is 0 Å². The summed E-state index contributed by atoms with van der Waals surface area (Å²) in [6.45, 7) is 17.3. The minimum Gasteiger partial charge on any atom is -0.314 e. The van der Waals surface area contributed by atoms with Gasteiger partial charge in [-0.15, -0.1) is 0 Å². The van der Waals surface area contributed by atoms with Crippen LogP contribution in [0.15, 0.2) is 0 Å². The maximum Gasteiger partial charge on any atom is 0.00772 e. The molecule has 124 valence electrons. The Bertz CT molecular complexity index is 298. The first-order chi connectivity index (χ1) is 9.76. The molecule has 2 fully saturated rings. The van der Waals surface area contributed by atoms with Crippen LogP contribution in [0.4, 0.5) is 0 Å². The van der Waals surface area contributed by atoms with Gasteiger partial charge in [0.05, 0.1) is 0 Å². The first-order valence-electron chi connectivity index (χ1n) is 9.22. The smallest absolute Gasteiger partial charge is 0.00772 e. The summed E-state index contributed by atoms with van der Waals surface area (Å²) in [5, 5.41) is 3.85. The molecule has 0 aromatic carbocycles. The highest BCUT2D eigenvalue weighted by Crippen LogP contribution is 2.45. The molecule has 2 heteroatoms. The van der Waals surface area contributed by atoms with E-state index in [9.17, 15) is 0 Å². The summed E-state index contributed by atoms with van der Waals surface area (Å²) in [7, 11) is 0. The Morgan fingerprint density at radius 1 is 1.00 bits per heavy atom. The second kappa shape index (κ2) is 7.00. The largest absolute Gasteiger partial charge is 0.314 e. The molecule has 0 amide bonds. The van der Waals surface area contributed by atoms with Crippen LogP contribution in [0.5, 0.6) is 0 Å². The highest BCUT2D eigenvalue weighted by molar-refractivity contribution is 4.92. The van der Waals surface area contributed by atoms with E-state index in [1.807, 2.05) is 0 Å². The Labute approximate surface area is 133 Å². The van der Waals surface area contributed by atoms with Crippen LogP contribution >= 0.6 is 0 Å². The van der Waals surface area contributed by atoms with Gasteiger partial charge in [-0.05, 0) is 81.5 Å². The molecule has 21 heavy (non-hydrogen) atoms. The van der Waals surface area contributed by atoms with Crippen molar-refractivity contribution in [1.82, 2.24) is 10.2 Å². The van der Waals surface area contributed by atoms with Crippen molar-refractivity contribution in [3.8, 4) is 0 Å². The summed E-state index contributed by atoms with van der Waals surface area (Å²) >= 11 is 0. The number of hydrogen-bond acceptors (Lipinski definition) is 2. The fourth-order valence-electron chi connectivity index (χ4n) is 4.88. The molecule has 0 aromatic rings. The first-order valence-corrected chi connectivity index (χ1v) is 9.22. The average molecular weight is 295 g/mol. The normalized spacial score (nSPS) is 27.9. The first kappa shape index (κ1) is 17.3. The van der Waals surface area contributed by atoms with Gasteiger partial charge in [-0.25, -0.2) is 0 Å². The molecule has 2 nitrogen and oxygen atoms in total. The highest BCUT2D eigenvalue weighted by Gasteiger charge is 2.37. The predicted octanol–water partition coefficient (Wildman–Crippen LogP) is 4.30. The Hall–Kier alpha value is -0.0800. The monoisotopic (exact) mass is 294 g/mol. The fraction of sp³-hybridized carbons (Fsp3) is 1.00. The SMILES string of the molecule is CC1CCN(CCCNC2CC(C)(C)CC(C)(C)C2)CC1. The molecular formula is C19H38N2. The summed E-state index contributed by atoms with van der Waals surface area (Å²) in [5.74, 6) is 0.950. The number of hydrogen-bond donors (Lipinski definition) is 1. The van der Waals surface area contributed by atoms with Crippen molar-refractivity contribution in [2.75, 3.05) is 26.2 Å². The van der Waals surface area contributed by atoms with Gasteiger partial charge in [-0.1, -0.05) is 34.6 Å². The van der Waals surface area contributed by atoms with Crippen LogP contribution in [0, 0.1) is 16.7 Å². The third-order valence-corrected chi connectivity index (χ3v) is 5.52. The Balaban J connectivity index is 1.64. The lowest BCUT2D eigenvalue weighted by molar-refractivity contribution is 0.0844. The van der Waals surface area contributed by atoms with E-state index >= 15 is 0 Å². The fourth-order valence-corrected chi connectivity index (χ4v) is 4.88. The molecular weight excluding hydrogens is 256 g/mol. The second-order valence-corrected chi connectivity index (χ2v) is 9.44. The van der Waals surface area contributed by atoms with Crippen LogP contribution < -0.4 is 5.32 Å². The van der Waals surface area contributed by atoms with Crippen molar-refractivity contribution in [3.63, 3.8) is 0 Å². The van der Waals surface area contributed by atoms with Crippen LogP contribution in [0.2, 0.25) is 0 Å². The standard InChI is InChI=1S/C19H38N2/c1-16-7-11-21(12-8-16)10-6-9-20-17-13-18(2,3)15-19(4,5)14-17/h16-17,20H,6-15H2,1-5H3. The molecule has 2 rings (SSSR count). The molecule has 0 unspecified atom stereocenters. The third kappa shape index (κ3) is 5.90. The summed E-state index contributed by atoms with van der Waals surface area (Å²) in [6.07, 6.45) is 8.17. The molecule has 0 spiro atoms. The summed E-state index contributed by atoms with van der Waals surface area (Å²) in [5.41, 5.74) is 1.00. The van der Waals surface area contributed by atoms with E-state index in [-0.39, 0.29) is 0 Å². The average Bonchev–Trinajstić information content (AvgIpc) is 2.33. The molecule has 1 N–H and O–H groups in total. The molecule has 0 aromatic heterocycles. The van der Waals surface area contributed by atoms with Crippen LogP contribution in [0.3, 0.4) is 0 Å². The molecule has 2 aliphatic rings. The Morgan fingerprint density at radius 3 is 2.14 bits per heavy atom. The van der Waals surface area contributed by atoms with E-state index in [0.717, 1.165) is 12.0 Å². The molecule has 1 aliphatic carbocycles. The second-order valence-electron chi connectivity index (χ2n) is 9.44. The van der Waals surface area contributed by atoms with Crippen LogP contribution in [0.25, 0.3) is 0 Å². The molecule has 0 atom stereocenters. The molecule has 0 bridgehead atoms. The van der Waals surface area contributed by atoms with E-state index in [1.165, 1.54) is 64.7 Å². The van der Waals surface area contributed by atoms with Gasteiger partial charge in [-0.2, -0.15) is 0 Å². The molecule has 1 saturated heterocycles. The zero-order chi connectivity index (χ0) is 15.5. The number of piperidine rings is 1. The molecule has 0 radical (unpaired) electrons. The van der Waals surface area contributed by atoms with Crippen LogP contribution in [-0.4, -0.2) is 37.1 Å². The number of likely N-dealkylation sites (tertiary alicyclic amines) is 1. The van der Waals surface area contributed by atoms with Gasteiger partial charge in [0.15, 0.2) is 0 Å². The highest BCUT2D eigenvalue weighted by atomic mass is 15.1. The van der Waals surface area contributed by atoms with Gasteiger partial charge in [0.1, 0.15) is 0 Å². The minimum atomic E-state index is 0.502. The third-order valence-electron chi connectivity index (χ3n) is 5.52. The minimum absolute atomic E-state index is 0.502. The number of nitrogens with one attached hydrogen (secondary N) is 1. The van der Waals surface area contributed by atoms with Gasteiger partial charge in [-0.3, -0.25) is 0 Å². The number of rotatable bonds is 5. The quantitative estimate of drug-likeness (QED) is 0.760. The summed E-state index contributed by atoms with van der Waals surface area (Å²) < 4.78 is 0. The van der Waals surface area contributed by atoms with E-state index in [4.69, 9.17) is 0 Å². The summed E-state index contributed by atoms with van der Waals surface area (Å²) in [6, 6.07) is 0.727. The van der Waals surface area contributed by atoms with Gasteiger partial charge in [0.2, 0.25) is 0 Å². The van der Waals surface area contributed by atoms with E-state index in [1.54, 1.807) is 0 Å². The maximum absolute atomic E-state index is 3.85. The molecule has 1 heterocycles. The van der Waals surface area contributed by atoms with Gasteiger partial charge in [0.25, 0.3) is 0 Å². The van der Waals surface area contributed by atoms with Crippen molar-refractivity contribution in [2.24, 2.45) is 16.7 Å². The Morgan fingerprint density at radius 2 is 1.57 bits per heavy atom. The predicted molar refractivity (Wildman–Crippen MR) is 92.7 cm³/mol. The lowest BCUT2D eigenvalue weighted by atomic mass is 9.63. The van der Waals surface area contributed by atoms with Crippen molar-refractivity contribution >= 4 is 0 Å². The van der Waals surface area contributed by atoms with Gasteiger partial charge >= 0.3 is 0 Å². The van der Waals surface area contributed by atoms with E-state index < -0.39 is 0 Å². The van der Waals surface area contributed by atoms with Crippen LogP contribution in [0.1, 0.15) is 73.1 Å². The zero-order valence-electron chi connectivity index (χ0n) is 15.2. The Kier molecular flexibility index (Phi) is 5.76. The number of nitrogens with zero attached hydrogens (tertiary/aromatic N) is 1. The zero-order valence-corrected chi connectivity index (χ0v) is 15.2. The van der Waals surface area contributed by atoms with Crippen LogP contribution in [-0.2, 0) is 0 Å². The van der Waals surface area contributed by atoms with Crippen molar-refractivity contribution in [3.05, 3.63) is 0 Å². The molecule has 1 saturated carbocycles. The topological polar surface area (TPSA) is 15.3 Å². The van der Waals surface area contributed by atoms with Crippen molar-refractivity contribution in [2.45, 2.75) is 79.2 Å². The lowest BCUT2D eigenvalue weighted by Crippen LogP contribution is -2.44.